The topological polar surface area (TPSA) is 85.8 Å². The van der Waals surface area contributed by atoms with E-state index in [0.29, 0.717) is 29.2 Å². The van der Waals surface area contributed by atoms with Crippen LogP contribution in [0.3, 0.4) is 0 Å². The molecule has 6 nitrogen and oxygen atoms in total. The Morgan fingerprint density at radius 3 is 2.88 bits per heavy atom. The van der Waals surface area contributed by atoms with Crippen LogP contribution in [0.1, 0.15) is 41.8 Å². The highest BCUT2D eigenvalue weighted by molar-refractivity contribution is 6.07. The summed E-state index contributed by atoms with van der Waals surface area (Å²) >= 11 is 0. The molecule has 1 aliphatic rings. The molecule has 3 rings (SSSR count). The molecule has 1 aliphatic heterocycles. The van der Waals surface area contributed by atoms with Crippen molar-refractivity contribution in [3.63, 3.8) is 0 Å². The Kier molecular flexibility index (Phi) is 4.46. The lowest BCUT2D eigenvalue weighted by Gasteiger charge is -2.35. The van der Waals surface area contributed by atoms with Crippen LogP contribution in [-0.2, 0) is 4.79 Å². The third kappa shape index (κ3) is 2.96. The van der Waals surface area contributed by atoms with Gasteiger partial charge in [-0.2, -0.15) is 0 Å². The van der Waals surface area contributed by atoms with E-state index in [4.69, 9.17) is 14.9 Å². The second kappa shape index (κ2) is 6.55. The van der Waals surface area contributed by atoms with Crippen LogP contribution in [-0.4, -0.2) is 36.4 Å². The number of fused-ring (bicyclic) bond motifs is 1. The van der Waals surface area contributed by atoms with Gasteiger partial charge in [-0.3, -0.25) is 9.59 Å². The second-order valence-electron chi connectivity index (χ2n) is 6.21. The van der Waals surface area contributed by atoms with E-state index in [1.807, 2.05) is 6.07 Å². The molecule has 0 radical (unpaired) electrons. The molecule has 0 bridgehead atoms. The number of carbonyl (C=O) groups is 2. The van der Waals surface area contributed by atoms with Gasteiger partial charge in [-0.25, -0.2) is 0 Å². The number of methoxy groups -OCH3 is 1. The van der Waals surface area contributed by atoms with Gasteiger partial charge >= 0.3 is 0 Å². The molecule has 2 heterocycles. The van der Waals surface area contributed by atoms with Crippen LogP contribution in [0.25, 0.3) is 11.0 Å². The summed E-state index contributed by atoms with van der Waals surface area (Å²) < 4.78 is 11.0. The van der Waals surface area contributed by atoms with E-state index in [0.717, 1.165) is 24.6 Å². The van der Waals surface area contributed by atoms with Crippen molar-refractivity contribution in [3.05, 3.63) is 29.5 Å². The van der Waals surface area contributed by atoms with Gasteiger partial charge < -0.3 is 19.8 Å². The van der Waals surface area contributed by atoms with Crippen LogP contribution in [0.15, 0.2) is 22.6 Å². The quantitative estimate of drug-likeness (QED) is 0.933. The summed E-state index contributed by atoms with van der Waals surface area (Å²) in [7, 11) is 1.59. The van der Waals surface area contributed by atoms with Gasteiger partial charge in [0.1, 0.15) is 17.1 Å². The largest absolute Gasteiger partial charge is 0.497 e. The second-order valence-corrected chi connectivity index (χ2v) is 6.21. The van der Waals surface area contributed by atoms with Crippen molar-refractivity contribution < 1.29 is 18.7 Å². The Bertz CT molecular complexity index is 781. The number of carbonyl (C=O) groups excluding carboxylic acids is 2. The predicted molar refractivity (Wildman–Crippen MR) is 90.0 cm³/mol. The number of ether oxygens (including phenoxy) is 1. The lowest BCUT2D eigenvalue weighted by Crippen LogP contribution is -2.45. The molecule has 24 heavy (non-hydrogen) atoms. The molecule has 128 valence electrons. The predicted octanol–water partition coefficient (Wildman–Crippen LogP) is 2.62. The van der Waals surface area contributed by atoms with Gasteiger partial charge in [-0.1, -0.05) is 0 Å². The molecule has 6 heteroatoms. The Morgan fingerprint density at radius 1 is 1.38 bits per heavy atom. The summed E-state index contributed by atoms with van der Waals surface area (Å²) in [5.41, 5.74) is 6.55. The highest BCUT2D eigenvalue weighted by Crippen LogP contribution is 2.32. The number of primary amides is 1. The fourth-order valence-corrected chi connectivity index (χ4v) is 3.45. The number of amides is 2. The van der Waals surface area contributed by atoms with Gasteiger partial charge in [0.2, 0.25) is 5.91 Å². The number of rotatable bonds is 4. The summed E-state index contributed by atoms with van der Waals surface area (Å²) in [6.07, 6.45) is 2.93. The first-order chi connectivity index (χ1) is 11.5. The number of likely N-dealkylation sites (tertiary alicyclic amines) is 1. The minimum absolute atomic E-state index is 0.106. The Balaban J connectivity index is 2.00. The lowest BCUT2D eigenvalue weighted by atomic mass is 9.97. The normalized spacial score (nSPS) is 17.9. The van der Waals surface area contributed by atoms with Gasteiger partial charge in [-0.15, -0.1) is 0 Å². The van der Waals surface area contributed by atoms with E-state index < -0.39 is 0 Å². The number of benzene rings is 1. The number of nitrogens with zero attached hydrogens (tertiary/aromatic N) is 1. The standard InChI is InChI=1S/C18H22N2O4/c1-11-17(14-10-13(23-2)6-7-15(14)24-11)18(22)20-8-4-3-5-12(20)9-16(19)21/h6-7,10,12H,3-5,8-9H2,1-2H3,(H2,19,21). The first kappa shape index (κ1) is 16.4. The Labute approximate surface area is 140 Å². The molecule has 1 atom stereocenters. The minimum Gasteiger partial charge on any atom is -0.497 e. The zero-order valence-electron chi connectivity index (χ0n) is 14.0. The van der Waals surface area contributed by atoms with Crippen LogP contribution in [0.2, 0.25) is 0 Å². The summed E-state index contributed by atoms with van der Waals surface area (Å²) in [5, 5.41) is 0.736. The Hall–Kier alpha value is -2.50. The van der Waals surface area contributed by atoms with Crippen molar-refractivity contribution in [2.75, 3.05) is 13.7 Å². The van der Waals surface area contributed by atoms with Crippen LogP contribution < -0.4 is 10.5 Å². The molecule has 0 spiro atoms. The van der Waals surface area contributed by atoms with E-state index in [-0.39, 0.29) is 24.3 Å². The number of aryl methyl sites for hydroxylation is 1. The third-order valence-electron chi connectivity index (χ3n) is 4.61. The smallest absolute Gasteiger partial charge is 0.258 e. The van der Waals surface area contributed by atoms with Crippen molar-refractivity contribution in [1.82, 2.24) is 4.90 Å². The monoisotopic (exact) mass is 330 g/mol. The minimum atomic E-state index is -0.379. The maximum Gasteiger partial charge on any atom is 0.258 e. The molecular formula is C18H22N2O4. The molecule has 2 aromatic rings. The lowest BCUT2D eigenvalue weighted by molar-refractivity contribution is -0.119. The van der Waals surface area contributed by atoms with Gasteiger partial charge in [0.25, 0.3) is 5.91 Å². The third-order valence-corrected chi connectivity index (χ3v) is 4.61. The first-order valence-corrected chi connectivity index (χ1v) is 8.17. The molecule has 1 aromatic carbocycles. The molecule has 1 fully saturated rings. The summed E-state index contributed by atoms with van der Waals surface area (Å²) in [6, 6.07) is 5.27. The molecular weight excluding hydrogens is 308 g/mol. The van der Waals surface area contributed by atoms with Gasteiger partial charge in [0, 0.05) is 24.4 Å². The molecule has 0 aliphatic carbocycles. The first-order valence-electron chi connectivity index (χ1n) is 8.17. The fourth-order valence-electron chi connectivity index (χ4n) is 3.45. The van der Waals surface area contributed by atoms with E-state index >= 15 is 0 Å². The molecule has 2 N–H and O–H groups in total. The van der Waals surface area contributed by atoms with E-state index in [9.17, 15) is 9.59 Å². The van der Waals surface area contributed by atoms with Crippen LogP contribution >= 0.6 is 0 Å². The van der Waals surface area contributed by atoms with Crippen LogP contribution in [0, 0.1) is 6.92 Å². The molecule has 1 unspecified atom stereocenters. The van der Waals surface area contributed by atoms with Crippen LogP contribution in [0.5, 0.6) is 5.75 Å². The fraction of sp³-hybridized carbons (Fsp3) is 0.444. The number of furan rings is 1. The van der Waals surface area contributed by atoms with Gasteiger partial charge in [-0.05, 0) is 44.4 Å². The van der Waals surface area contributed by atoms with Crippen LogP contribution in [0.4, 0.5) is 0 Å². The van der Waals surface area contributed by atoms with Gasteiger partial charge in [0.05, 0.1) is 12.7 Å². The highest BCUT2D eigenvalue weighted by Gasteiger charge is 2.31. The van der Waals surface area contributed by atoms with Crippen molar-refractivity contribution in [2.45, 2.75) is 38.6 Å². The molecule has 1 saturated heterocycles. The number of hydrogen-bond donors (Lipinski definition) is 1. The van der Waals surface area contributed by atoms with Gasteiger partial charge in [0.15, 0.2) is 0 Å². The Morgan fingerprint density at radius 2 is 2.17 bits per heavy atom. The average Bonchev–Trinajstić information content (AvgIpc) is 2.89. The van der Waals surface area contributed by atoms with E-state index in [1.54, 1.807) is 31.1 Å². The average molecular weight is 330 g/mol. The van der Waals surface area contributed by atoms with Crippen molar-refractivity contribution in [2.24, 2.45) is 5.73 Å². The summed E-state index contributed by atoms with van der Waals surface area (Å²) in [6.45, 7) is 2.42. The molecule has 0 saturated carbocycles. The summed E-state index contributed by atoms with van der Waals surface area (Å²) in [4.78, 5) is 26.3. The number of nitrogens with two attached hydrogens (primary N) is 1. The number of hydrogen-bond acceptors (Lipinski definition) is 4. The molecule has 1 aromatic heterocycles. The maximum absolute atomic E-state index is 13.2. The van der Waals surface area contributed by atoms with E-state index in [2.05, 4.69) is 0 Å². The van der Waals surface area contributed by atoms with Crippen molar-refractivity contribution in [3.8, 4) is 5.75 Å². The van der Waals surface area contributed by atoms with Crippen molar-refractivity contribution >= 4 is 22.8 Å². The van der Waals surface area contributed by atoms with Crippen molar-refractivity contribution in [1.29, 1.82) is 0 Å². The summed E-state index contributed by atoms with van der Waals surface area (Å²) in [5.74, 6) is 0.761. The molecule has 2 amide bonds. The SMILES string of the molecule is COc1ccc2oc(C)c(C(=O)N3CCCCC3CC(N)=O)c2c1. The van der Waals surface area contributed by atoms with E-state index in [1.165, 1.54) is 0 Å². The zero-order chi connectivity index (χ0) is 17.3. The number of piperidine rings is 1. The zero-order valence-corrected chi connectivity index (χ0v) is 14.0. The highest BCUT2D eigenvalue weighted by atomic mass is 16.5. The maximum atomic E-state index is 13.2.